The van der Waals surface area contributed by atoms with Crippen molar-refractivity contribution in [2.24, 2.45) is 11.3 Å². The van der Waals surface area contributed by atoms with Crippen LogP contribution in [0.15, 0.2) is 18.2 Å². The number of esters is 1. The topological polar surface area (TPSA) is 96.0 Å². The van der Waals surface area contributed by atoms with Crippen LogP contribution >= 0.6 is 0 Å². The van der Waals surface area contributed by atoms with Gasteiger partial charge in [0.15, 0.2) is 11.5 Å². The second-order valence-electron chi connectivity index (χ2n) is 5.86. The highest BCUT2D eigenvalue weighted by molar-refractivity contribution is 7.86. The molecule has 1 aromatic carbocycles. The lowest BCUT2D eigenvalue weighted by Crippen LogP contribution is -2.21. The summed E-state index contributed by atoms with van der Waals surface area (Å²) in [5.74, 6) is -0.588. The molecular weight excluding hydrogens is 324 g/mol. The van der Waals surface area contributed by atoms with E-state index in [1.54, 1.807) is 12.1 Å². The molecule has 0 N–H and O–H groups in total. The molecule has 2 aliphatic rings. The molecule has 1 aliphatic carbocycles. The highest BCUT2D eigenvalue weighted by Crippen LogP contribution is 2.66. The number of fused-ring (bicyclic) bond motifs is 1. The third-order valence-electron chi connectivity index (χ3n) is 4.36. The van der Waals surface area contributed by atoms with E-state index in [1.807, 2.05) is 0 Å². The lowest BCUT2D eigenvalue weighted by atomic mass is 9.97. The molecule has 1 aromatic rings. The molecule has 1 heterocycles. The Morgan fingerprint density at radius 2 is 2.04 bits per heavy atom. The Bertz CT molecular complexity index is 798. The van der Waals surface area contributed by atoms with Crippen LogP contribution in [-0.4, -0.2) is 33.5 Å². The van der Waals surface area contributed by atoms with Gasteiger partial charge in [0.1, 0.15) is 17.3 Å². The van der Waals surface area contributed by atoms with Crippen molar-refractivity contribution in [2.45, 2.75) is 19.4 Å². The Kier molecular flexibility index (Phi) is 3.40. The zero-order valence-electron chi connectivity index (χ0n) is 12.9. The molecule has 1 saturated heterocycles. The summed E-state index contributed by atoms with van der Waals surface area (Å²) in [6, 6.07) is 4.61. The van der Waals surface area contributed by atoms with E-state index in [1.165, 1.54) is 20.1 Å². The van der Waals surface area contributed by atoms with Crippen LogP contribution in [0.1, 0.15) is 25.0 Å². The summed E-state index contributed by atoms with van der Waals surface area (Å²) < 4.78 is 37.8. The Morgan fingerprint density at radius 1 is 1.35 bits per heavy atom. The maximum absolute atomic E-state index is 12.0. The number of ether oxygens (including phenoxy) is 2. The summed E-state index contributed by atoms with van der Waals surface area (Å²) in [7, 11) is -2.30. The average molecular weight is 340 g/mol. The van der Waals surface area contributed by atoms with E-state index >= 15 is 0 Å². The first-order valence-electron chi connectivity index (χ1n) is 6.98. The normalized spacial score (nSPS) is 28.7. The smallest absolute Gasteiger partial charge is 0.320 e. The van der Waals surface area contributed by atoms with Gasteiger partial charge in [-0.3, -0.25) is 9.59 Å². The second kappa shape index (κ2) is 4.95. The van der Waals surface area contributed by atoms with Gasteiger partial charge in [0.25, 0.3) is 0 Å². The van der Waals surface area contributed by atoms with Crippen molar-refractivity contribution in [3.05, 3.63) is 23.8 Å². The monoisotopic (exact) mass is 340 g/mol. The summed E-state index contributed by atoms with van der Waals surface area (Å²) in [4.78, 5) is 23.7. The van der Waals surface area contributed by atoms with Crippen LogP contribution in [0.25, 0.3) is 0 Å². The van der Waals surface area contributed by atoms with Gasteiger partial charge >= 0.3 is 16.1 Å². The largest absolute Gasteiger partial charge is 0.493 e. The van der Waals surface area contributed by atoms with Crippen molar-refractivity contribution in [2.75, 3.05) is 13.4 Å². The molecular formula is C15H16O7S. The molecule has 23 heavy (non-hydrogen) atoms. The van der Waals surface area contributed by atoms with Gasteiger partial charge in [-0.2, -0.15) is 8.42 Å². The van der Waals surface area contributed by atoms with Gasteiger partial charge in [0.05, 0.1) is 13.4 Å². The van der Waals surface area contributed by atoms with Crippen molar-refractivity contribution in [1.29, 1.82) is 0 Å². The first-order chi connectivity index (χ1) is 10.7. The van der Waals surface area contributed by atoms with Gasteiger partial charge in [-0.1, -0.05) is 6.07 Å². The molecule has 0 amide bonds. The molecule has 1 aliphatic heterocycles. The van der Waals surface area contributed by atoms with E-state index in [0.717, 1.165) is 6.26 Å². The van der Waals surface area contributed by atoms with Gasteiger partial charge in [0, 0.05) is 5.92 Å². The minimum absolute atomic E-state index is 0.0525. The van der Waals surface area contributed by atoms with E-state index in [9.17, 15) is 18.0 Å². The molecule has 8 heteroatoms. The number of methoxy groups -OCH3 is 1. The Labute approximate surface area is 133 Å². The van der Waals surface area contributed by atoms with Gasteiger partial charge in [-0.15, -0.1) is 0 Å². The third kappa shape index (κ3) is 2.46. The zero-order chi connectivity index (χ0) is 17.0. The number of carbonyl (C=O) groups is 2. The van der Waals surface area contributed by atoms with Crippen LogP contribution in [0, 0.1) is 11.3 Å². The Balaban J connectivity index is 1.91. The fraction of sp³-hybridized carbons (Fsp3) is 0.467. The Hall–Kier alpha value is -2.09. The molecule has 0 radical (unpaired) electrons. The predicted molar refractivity (Wildman–Crippen MR) is 78.5 cm³/mol. The van der Waals surface area contributed by atoms with Gasteiger partial charge in [-0.05, 0) is 31.0 Å². The van der Waals surface area contributed by atoms with E-state index < -0.39 is 27.6 Å². The van der Waals surface area contributed by atoms with Gasteiger partial charge in [-0.25, -0.2) is 0 Å². The number of rotatable bonds is 5. The number of Topliss-reactive ketones (excluding diaryl/α,β-unsaturated/α-hetero) is 1. The third-order valence-corrected chi connectivity index (χ3v) is 4.85. The molecule has 7 nitrogen and oxygen atoms in total. The fourth-order valence-corrected chi connectivity index (χ4v) is 3.60. The SMILES string of the molecule is COc1cc([C@H]2OC(=O)[C@]3(C(C)=O)C[C@H]23)ccc1OS(C)(=O)=O. The summed E-state index contributed by atoms with van der Waals surface area (Å²) in [6.07, 6.45) is 0.882. The lowest BCUT2D eigenvalue weighted by molar-refractivity contribution is -0.151. The minimum atomic E-state index is -3.68. The molecule has 3 rings (SSSR count). The maximum Gasteiger partial charge on any atom is 0.320 e. The molecule has 0 bridgehead atoms. The summed E-state index contributed by atoms with van der Waals surface area (Å²) in [6.45, 7) is 1.40. The highest BCUT2D eigenvalue weighted by atomic mass is 32.2. The lowest BCUT2D eigenvalue weighted by Gasteiger charge is -2.15. The fourth-order valence-electron chi connectivity index (χ4n) is 3.13. The van der Waals surface area contributed by atoms with Crippen molar-refractivity contribution in [1.82, 2.24) is 0 Å². The predicted octanol–water partition coefficient (Wildman–Crippen LogP) is 1.23. The van der Waals surface area contributed by atoms with Crippen LogP contribution in [0.2, 0.25) is 0 Å². The van der Waals surface area contributed by atoms with E-state index in [-0.39, 0.29) is 23.2 Å². The van der Waals surface area contributed by atoms with Gasteiger partial charge < -0.3 is 13.7 Å². The minimum Gasteiger partial charge on any atom is -0.493 e. The molecule has 2 fully saturated rings. The summed E-state index contributed by atoms with van der Waals surface area (Å²) in [5, 5.41) is 0. The molecule has 1 saturated carbocycles. The number of hydrogen-bond acceptors (Lipinski definition) is 7. The van der Waals surface area contributed by atoms with Crippen LogP contribution in [-0.2, 0) is 24.4 Å². The molecule has 0 aromatic heterocycles. The molecule has 124 valence electrons. The highest BCUT2D eigenvalue weighted by Gasteiger charge is 2.73. The first-order valence-corrected chi connectivity index (χ1v) is 8.80. The van der Waals surface area contributed by atoms with Crippen molar-refractivity contribution < 1.29 is 31.7 Å². The first kappa shape index (κ1) is 15.8. The molecule has 0 spiro atoms. The van der Waals surface area contributed by atoms with Gasteiger partial charge in [0.2, 0.25) is 0 Å². The average Bonchev–Trinajstić information content (AvgIpc) is 3.14. The van der Waals surface area contributed by atoms with E-state index in [4.69, 9.17) is 13.7 Å². The van der Waals surface area contributed by atoms with E-state index in [2.05, 4.69) is 0 Å². The number of benzene rings is 1. The van der Waals surface area contributed by atoms with Crippen LogP contribution in [0.5, 0.6) is 11.5 Å². The number of carbonyl (C=O) groups excluding carboxylic acids is 2. The number of hydrogen-bond donors (Lipinski definition) is 0. The number of ketones is 1. The van der Waals surface area contributed by atoms with Crippen LogP contribution in [0.4, 0.5) is 0 Å². The van der Waals surface area contributed by atoms with Crippen molar-refractivity contribution >= 4 is 21.9 Å². The second-order valence-corrected chi connectivity index (χ2v) is 7.44. The Morgan fingerprint density at radius 3 is 2.52 bits per heavy atom. The standard InChI is InChI=1S/C15H16O7S/c1-8(16)15-7-10(15)13(21-14(15)17)9-4-5-11(12(6-9)20-2)22-23(3,18)19/h4-6,10,13H,7H2,1-3H3/t10-,13-,15+/m1/s1. The number of cyclic esters (lactones) is 1. The maximum atomic E-state index is 12.0. The zero-order valence-corrected chi connectivity index (χ0v) is 13.7. The quantitative estimate of drug-likeness (QED) is 0.452. The van der Waals surface area contributed by atoms with Crippen molar-refractivity contribution in [3.63, 3.8) is 0 Å². The van der Waals surface area contributed by atoms with Crippen LogP contribution < -0.4 is 8.92 Å². The molecule has 3 atom stereocenters. The van der Waals surface area contributed by atoms with Crippen molar-refractivity contribution in [3.8, 4) is 11.5 Å². The van der Waals surface area contributed by atoms with Crippen LogP contribution in [0.3, 0.4) is 0 Å². The molecule has 0 unspecified atom stereocenters. The summed E-state index contributed by atoms with van der Waals surface area (Å²) in [5.41, 5.74) is -0.360. The van der Waals surface area contributed by atoms with E-state index in [0.29, 0.717) is 12.0 Å². The summed E-state index contributed by atoms with van der Waals surface area (Å²) >= 11 is 0.